The smallest absolute Gasteiger partial charge is 0.111 e. The summed E-state index contributed by atoms with van der Waals surface area (Å²) in [5, 5.41) is 11.4. The number of anilines is 1. The zero-order valence-electron chi connectivity index (χ0n) is 6.33. The number of rotatable bonds is 2. The molecule has 0 fully saturated rings. The van der Waals surface area contributed by atoms with E-state index in [0.717, 1.165) is 5.69 Å². The highest BCUT2D eigenvalue weighted by Gasteiger charge is 1.96. The van der Waals surface area contributed by atoms with Crippen LogP contribution in [0.1, 0.15) is 6.92 Å². The van der Waals surface area contributed by atoms with Gasteiger partial charge in [-0.3, -0.25) is 0 Å². The third kappa shape index (κ3) is 2.30. The van der Waals surface area contributed by atoms with Gasteiger partial charge in [-0.1, -0.05) is 18.2 Å². The maximum Gasteiger partial charge on any atom is 0.111 e. The number of nitriles is 1. The normalized spacial score (nSPS) is 11.6. The summed E-state index contributed by atoms with van der Waals surface area (Å²) >= 11 is 0. The molecule has 0 aliphatic heterocycles. The predicted octanol–water partition coefficient (Wildman–Crippen LogP) is 1.81. The van der Waals surface area contributed by atoms with Crippen LogP contribution in [0.2, 0.25) is 0 Å². The van der Waals surface area contributed by atoms with E-state index in [-0.39, 0.29) is 6.04 Å². The Morgan fingerprint density at radius 3 is 3.00 bits per heavy atom. The molecule has 1 N–H and O–H groups in total. The Balaban J connectivity index is 2.60. The summed E-state index contributed by atoms with van der Waals surface area (Å²) in [6.45, 7) is 1.81. The van der Waals surface area contributed by atoms with Gasteiger partial charge in [0.05, 0.1) is 6.07 Å². The first-order chi connectivity index (χ1) is 5.33. The van der Waals surface area contributed by atoms with Crippen molar-refractivity contribution in [3.63, 3.8) is 0 Å². The third-order valence-electron chi connectivity index (χ3n) is 1.27. The molecule has 1 rings (SSSR count). The fourth-order valence-corrected chi connectivity index (χ4v) is 0.749. The molecule has 0 saturated heterocycles. The minimum Gasteiger partial charge on any atom is -0.370 e. The van der Waals surface area contributed by atoms with Crippen LogP contribution in [0.25, 0.3) is 0 Å². The Kier molecular flexibility index (Phi) is 2.51. The summed E-state index contributed by atoms with van der Waals surface area (Å²) in [6, 6.07) is 12.4. The second kappa shape index (κ2) is 3.62. The summed E-state index contributed by atoms with van der Waals surface area (Å²) in [7, 11) is 0. The van der Waals surface area contributed by atoms with Crippen molar-refractivity contribution in [2.45, 2.75) is 13.0 Å². The molecule has 1 unspecified atom stereocenters. The van der Waals surface area contributed by atoms with E-state index < -0.39 is 0 Å². The van der Waals surface area contributed by atoms with Crippen molar-refractivity contribution in [3.05, 3.63) is 30.3 Å². The van der Waals surface area contributed by atoms with Crippen molar-refractivity contribution in [3.8, 4) is 6.07 Å². The van der Waals surface area contributed by atoms with Gasteiger partial charge in [-0.15, -0.1) is 0 Å². The first-order valence-corrected chi connectivity index (χ1v) is 3.46. The van der Waals surface area contributed by atoms with Gasteiger partial charge in [-0.05, 0) is 13.0 Å². The van der Waals surface area contributed by atoms with Crippen molar-refractivity contribution < 1.29 is 0 Å². The standard InChI is InChI=1S/C9H9N2/c1-8(7-10)11-9-5-3-2-4-6-9/h2-5,8,11H,1H3. The van der Waals surface area contributed by atoms with Crippen LogP contribution < -0.4 is 5.32 Å². The van der Waals surface area contributed by atoms with Crippen LogP contribution in [0, 0.1) is 17.4 Å². The maximum atomic E-state index is 8.47. The highest BCUT2D eigenvalue weighted by Crippen LogP contribution is 2.04. The molecule has 2 nitrogen and oxygen atoms in total. The SMILES string of the molecule is CC(C#N)Nc1[c]cccc1. The monoisotopic (exact) mass is 145 g/mol. The molecule has 0 aliphatic carbocycles. The highest BCUT2D eigenvalue weighted by molar-refractivity contribution is 5.43. The summed E-state index contributed by atoms with van der Waals surface area (Å²) in [4.78, 5) is 0. The van der Waals surface area contributed by atoms with Gasteiger partial charge in [0.15, 0.2) is 0 Å². The summed E-state index contributed by atoms with van der Waals surface area (Å²) in [6.07, 6.45) is 0. The lowest BCUT2D eigenvalue weighted by Gasteiger charge is -2.05. The first kappa shape index (κ1) is 7.62. The number of hydrogen-bond acceptors (Lipinski definition) is 2. The lowest BCUT2D eigenvalue weighted by molar-refractivity contribution is 1.01. The molecule has 0 saturated carbocycles. The Hall–Kier alpha value is -1.49. The molecule has 0 aromatic heterocycles. The molecule has 1 radical (unpaired) electrons. The molecule has 0 spiro atoms. The molecule has 11 heavy (non-hydrogen) atoms. The van der Waals surface area contributed by atoms with E-state index in [0.29, 0.717) is 0 Å². The second-order valence-corrected chi connectivity index (χ2v) is 2.27. The van der Waals surface area contributed by atoms with E-state index in [9.17, 15) is 0 Å². The molecule has 1 aromatic rings. The van der Waals surface area contributed by atoms with Gasteiger partial charge in [0.25, 0.3) is 0 Å². The number of benzene rings is 1. The summed E-state index contributed by atoms with van der Waals surface area (Å²) < 4.78 is 0. The van der Waals surface area contributed by atoms with Gasteiger partial charge in [-0.25, -0.2) is 0 Å². The highest BCUT2D eigenvalue weighted by atomic mass is 14.9. The van der Waals surface area contributed by atoms with Gasteiger partial charge >= 0.3 is 0 Å². The van der Waals surface area contributed by atoms with E-state index in [1.807, 2.05) is 24.3 Å². The molecule has 55 valence electrons. The minimum atomic E-state index is -0.159. The predicted molar refractivity (Wildman–Crippen MR) is 44.0 cm³/mol. The maximum absolute atomic E-state index is 8.47. The fraction of sp³-hybridized carbons (Fsp3) is 0.222. The van der Waals surface area contributed by atoms with Crippen molar-refractivity contribution in [1.82, 2.24) is 0 Å². The number of hydrogen-bond donors (Lipinski definition) is 1. The van der Waals surface area contributed by atoms with Crippen LogP contribution in [-0.2, 0) is 0 Å². The molecule has 2 heteroatoms. The van der Waals surface area contributed by atoms with E-state index in [1.165, 1.54) is 0 Å². The Bertz CT molecular complexity index is 248. The number of para-hydroxylation sites is 1. The minimum absolute atomic E-state index is 0.159. The van der Waals surface area contributed by atoms with Crippen molar-refractivity contribution in [2.75, 3.05) is 5.32 Å². The topological polar surface area (TPSA) is 35.8 Å². The number of nitrogens with one attached hydrogen (secondary N) is 1. The van der Waals surface area contributed by atoms with Crippen LogP contribution in [-0.4, -0.2) is 6.04 Å². The van der Waals surface area contributed by atoms with Crippen LogP contribution in [0.15, 0.2) is 24.3 Å². The second-order valence-electron chi connectivity index (χ2n) is 2.27. The fourth-order valence-electron chi connectivity index (χ4n) is 0.749. The average Bonchev–Trinajstić information content (AvgIpc) is 2.06. The third-order valence-corrected chi connectivity index (χ3v) is 1.27. The first-order valence-electron chi connectivity index (χ1n) is 3.46. The largest absolute Gasteiger partial charge is 0.370 e. The molecular weight excluding hydrogens is 136 g/mol. The van der Waals surface area contributed by atoms with Crippen molar-refractivity contribution in [1.29, 1.82) is 5.26 Å². The lowest BCUT2D eigenvalue weighted by atomic mass is 10.3. The molecular formula is C9H9N2. The Morgan fingerprint density at radius 2 is 2.45 bits per heavy atom. The van der Waals surface area contributed by atoms with E-state index in [2.05, 4.69) is 17.5 Å². The van der Waals surface area contributed by atoms with E-state index in [4.69, 9.17) is 5.26 Å². The van der Waals surface area contributed by atoms with Crippen LogP contribution in [0.5, 0.6) is 0 Å². The van der Waals surface area contributed by atoms with Gasteiger partial charge < -0.3 is 5.32 Å². The molecule has 0 heterocycles. The van der Waals surface area contributed by atoms with Gasteiger partial charge in [-0.2, -0.15) is 5.26 Å². The lowest BCUT2D eigenvalue weighted by Crippen LogP contribution is -2.11. The summed E-state index contributed by atoms with van der Waals surface area (Å²) in [5.74, 6) is 0. The van der Waals surface area contributed by atoms with E-state index >= 15 is 0 Å². The molecule has 1 atom stereocenters. The molecule has 0 amide bonds. The van der Waals surface area contributed by atoms with E-state index in [1.54, 1.807) is 6.92 Å². The van der Waals surface area contributed by atoms with Crippen LogP contribution in [0.4, 0.5) is 5.69 Å². The van der Waals surface area contributed by atoms with Crippen molar-refractivity contribution >= 4 is 5.69 Å². The number of nitrogens with zero attached hydrogens (tertiary/aromatic N) is 1. The van der Waals surface area contributed by atoms with Crippen molar-refractivity contribution in [2.24, 2.45) is 0 Å². The van der Waals surface area contributed by atoms with Crippen LogP contribution >= 0.6 is 0 Å². The Morgan fingerprint density at radius 1 is 1.64 bits per heavy atom. The Labute approximate surface area is 66.5 Å². The van der Waals surface area contributed by atoms with Gasteiger partial charge in [0, 0.05) is 11.8 Å². The zero-order chi connectivity index (χ0) is 8.10. The molecule has 0 aliphatic rings. The average molecular weight is 145 g/mol. The quantitative estimate of drug-likeness (QED) is 0.688. The van der Waals surface area contributed by atoms with Gasteiger partial charge in [0.2, 0.25) is 0 Å². The molecule has 1 aromatic carbocycles. The molecule has 0 bridgehead atoms. The summed E-state index contributed by atoms with van der Waals surface area (Å²) in [5.41, 5.74) is 0.863. The van der Waals surface area contributed by atoms with Gasteiger partial charge in [0.1, 0.15) is 6.04 Å². The van der Waals surface area contributed by atoms with Crippen LogP contribution in [0.3, 0.4) is 0 Å². The zero-order valence-corrected chi connectivity index (χ0v) is 6.33.